The number of nitrogens with zero attached hydrogens (tertiary/aromatic N) is 3. The second-order valence-electron chi connectivity index (χ2n) is 6.01. The van der Waals surface area contributed by atoms with Gasteiger partial charge in [-0.05, 0) is 37.1 Å². The van der Waals surface area contributed by atoms with Gasteiger partial charge >= 0.3 is 0 Å². The van der Waals surface area contributed by atoms with Crippen LogP contribution in [0.25, 0.3) is 10.6 Å². The Morgan fingerprint density at radius 2 is 2.17 bits per heavy atom. The molecule has 0 radical (unpaired) electrons. The van der Waals surface area contributed by atoms with Crippen molar-refractivity contribution in [3.05, 3.63) is 65.4 Å². The fourth-order valence-corrected chi connectivity index (χ4v) is 4.01. The Bertz CT molecular complexity index is 875. The predicted octanol–water partition coefficient (Wildman–Crippen LogP) is 3.73. The number of fused-ring (bicyclic) bond motifs is 1. The molecule has 0 aliphatic carbocycles. The van der Waals surface area contributed by atoms with Crippen LogP contribution in [0.4, 0.5) is 5.69 Å². The first-order valence-corrected chi connectivity index (χ1v) is 8.85. The van der Waals surface area contributed by atoms with Crippen LogP contribution in [0.5, 0.6) is 0 Å². The van der Waals surface area contributed by atoms with Gasteiger partial charge in [-0.1, -0.05) is 18.2 Å². The second kappa shape index (κ2) is 6.17. The number of thiazole rings is 1. The zero-order valence-electron chi connectivity index (χ0n) is 13.3. The van der Waals surface area contributed by atoms with Crippen molar-refractivity contribution < 1.29 is 4.79 Å². The number of rotatable bonds is 3. The van der Waals surface area contributed by atoms with E-state index in [-0.39, 0.29) is 11.9 Å². The van der Waals surface area contributed by atoms with Crippen LogP contribution < -0.4 is 4.90 Å². The maximum Gasteiger partial charge on any atom is 0.233 e. The Morgan fingerprint density at radius 1 is 1.29 bits per heavy atom. The lowest BCUT2D eigenvalue weighted by Crippen LogP contribution is -2.36. The number of aromatic nitrogens is 2. The topological polar surface area (TPSA) is 46.1 Å². The van der Waals surface area contributed by atoms with E-state index in [9.17, 15) is 4.79 Å². The summed E-state index contributed by atoms with van der Waals surface area (Å²) in [4.78, 5) is 23.5. The zero-order valence-corrected chi connectivity index (χ0v) is 14.2. The average molecular weight is 335 g/mol. The molecule has 0 saturated carbocycles. The molecule has 24 heavy (non-hydrogen) atoms. The van der Waals surface area contributed by atoms with Crippen molar-refractivity contribution in [1.82, 2.24) is 9.97 Å². The number of hydrogen-bond donors (Lipinski definition) is 0. The van der Waals surface area contributed by atoms with Gasteiger partial charge < -0.3 is 4.90 Å². The summed E-state index contributed by atoms with van der Waals surface area (Å²) >= 11 is 1.55. The van der Waals surface area contributed by atoms with Crippen molar-refractivity contribution in [3.63, 3.8) is 0 Å². The molecule has 1 unspecified atom stereocenters. The molecular weight excluding hydrogens is 318 g/mol. The number of benzene rings is 1. The van der Waals surface area contributed by atoms with E-state index in [4.69, 9.17) is 0 Å². The summed E-state index contributed by atoms with van der Waals surface area (Å²) < 4.78 is 0. The van der Waals surface area contributed by atoms with Gasteiger partial charge in [0.05, 0.1) is 12.1 Å². The Labute approximate surface area is 144 Å². The third-order valence-corrected chi connectivity index (χ3v) is 5.21. The van der Waals surface area contributed by atoms with Crippen molar-refractivity contribution in [2.24, 2.45) is 0 Å². The summed E-state index contributed by atoms with van der Waals surface area (Å²) in [6.07, 6.45) is 4.78. The molecule has 0 saturated heterocycles. The van der Waals surface area contributed by atoms with Gasteiger partial charge in [0.2, 0.25) is 5.91 Å². The van der Waals surface area contributed by atoms with Gasteiger partial charge in [0.15, 0.2) is 0 Å². The lowest BCUT2D eigenvalue weighted by Gasteiger charge is -2.22. The molecule has 1 amide bonds. The van der Waals surface area contributed by atoms with E-state index in [1.807, 2.05) is 40.6 Å². The zero-order chi connectivity index (χ0) is 16.5. The highest BCUT2D eigenvalue weighted by molar-refractivity contribution is 7.13. The molecule has 4 rings (SSSR count). The molecule has 0 spiro atoms. The highest BCUT2D eigenvalue weighted by Gasteiger charge is 2.30. The summed E-state index contributed by atoms with van der Waals surface area (Å²) in [5, 5.41) is 2.87. The summed E-state index contributed by atoms with van der Waals surface area (Å²) in [5.74, 6) is 0.107. The molecule has 1 aromatic carbocycles. The number of carbonyl (C=O) groups is 1. The van der Waals surface area contributed by atoms with E-state index in [1.54, 1.807) is 23.7 Å². The molecule has 0 fully saturated rings. The highest BCUT2D eigenvalue weighted by Crippen LogP contribution is 2.32. The van der Waals surface area contributed by atoms with Gasteiger partial charge in [-0.15, -0.1) is 11.3 Å². The Morgan fingerprint density at radius 3 is 3.00 bits per heavy atom. The van der Waals surface area contributed by atoms with Gasteiger partial charge in [0, 0.05) is 35.1 Å². The van der Waals surface area contributed by atoms with Crippen LogP contribution in [0.3, 0.4) is 0 Å². The van der Waals surface area contributed by atoms with Gasteiger partial charge in [-0.3, -0.25) is 9.78 Å². The highest BCUT2D eigenvalue weighted by atomic mass is 32.1. The van der Waals surface area contributed by atoms with E-state index in [1.165, 1.54) is 5.56 Å². The van der Waals surface area contributed by atoms with Crippen LogP contribution in [0.15, 0.2) is 54.2 Å². The normalized spacial score (nSPS) is 16.2. The Balaban J connectivity index is 1.54. The molecule has 2 aromatic heterocycles. The summed E-state index contributed by atoms with van der Waals surface area (Å²) in [6, 6.07) is 12.2. The van der Waals surface area contributed by atoms with Crippen LogP contribution in [0, 0.1) is 0 Å². The first-order valence-electron chi connectivity index (χ1n) is 7.97. The van der Waals surface area contributed by atoms with Crippen molar-refractivity contribution in [2.75, 3.05) is 4.90 Å². The first kappa shape index (κ1) is 15.0. The lowest BCUT2D eigenvalue weighted by molar-refractivity contribution is -0.118. The number of pyridine rings is 1. The van der Waals surface area contributed by atoms with E-state index in [2.05, 4.69) is 23.0 Å². The predicted molar refractivity (Wildman–Crippen MR) is 96.1 cm³/mol. The summed E-state index contributed by atoms with van der Waals surface area (Å²) in [6.45, 7) is 2.10. The van der Waals surface area contributed by atoms with E-state index >= 15 is 0 Å². The average Bonchev–Trinajstić information content (AvgIpc) is 3.19. The number of carbonyl (C=O) groups excluding carboxylic acids is 1. The largest absolute Gasteiger partial charge is 0.309 e. The van der Waals surface area contributed by atoms with E-state index in [0.717, 1.165) is 28.4 Å². The van der Waals surface area contributed by atoms with Crippen LogP contribution in [-0.2, 0) is 17.6 Å². The van der Waals surface area contributed by atoms with Crippen molar-refractivity contribution >= 4 is 22.9 Å². The van der Waals surface area contributed by atoms with Gasteiger partial charge in [0.25, 0.3) is 0 Å². The van der Waals surface area contributed by atoms with Crippen LogP contribution in [0.1, 0.15) is 18.2 Å². The van der Waals surface area contributed by atoms with Gasteiger partial charge in [-0.2, -0.15) is 0 Å². The maximum atomic E-state index is 12.8. The molecule has 0 bridgehead atoms. The van der Waals surface area contributed by atoms with E-state index in [0.29, 0.717) is 6.42 Å². The third-order valence-electron chi connectivity index (χ3n) is 4.27. The molecule has 120 valence electrons. The fraction of sp³-hybridized carbons (Fsp3) is 0.211. The molecule has 1 aliphatic rings. The SMILES string of the molecule is CC1Cc2ccccc2N1C(=O)Cc1csc(-c2cccnc2)n1. The number of hydrogen-bond acceptors (Lipinski definition) is 4. The summed E-state index contributed by atoms with van der Waals surface area (Å²) in [5.41, 5.74) is 4.09. The molecule has 1 atom stereocenters. The van der Waals surface area contributed by atoms with Crippen molar-refractivity contribution in [1.29, 1.82) is 0 Å². The molecule has 4 nitrogen and oxygen atoms in total. The molecule has 0 N–H and O–H groups in total. The fourth-order valence-electron chi connectivity index (χ4n) is 3.20. The van der Waals surface area contributed by atoms with Crippen LogP contribution in [0.2, 0.25) is 0 Å². The monoisotopic (exact) mass is 335 g/mol. The molecular formula is C19H17N3OS. The number of para-hydroxylation sites is 1. The quantitative estimate of drug-likeness (QED) is 0.733. The van der Waals surface area contributed by atoms with Crippen molar-refractivity contribution in [3.8, 4) is 10.6 Å². The molecule has 5 heteroatoms. The Hall–Kier alpha value is -2.53. The number of amides is 1. The van der Waals surface area contributed by atoms with Crippen molar-refractivity contribution in [2.45, 2.75) is 25.8 Å². The standard InChI is InChI=1S/C19H17N3OS/c1-13-9-14-5-2-3-7-17(14)22(13)18(23)10-16-12-24-19(21-16)15-6-4-8-20-11-15/h2-8,11-13H,9-10H2,1H3. The second-order valence-corrected chi connectivity index (χ2v) is 6.87. The van der Waals surface area contributed by atoms with Gasteiger partial charge in [-0.25, -0.2) is 4.98 Å². The van der Waals surface area contributed by atoms with E-state index < -0.39 is 0 Å². The van der Waals surface area contributed by atoms with Crippen LogP contribution in [-0.4, -0.2) is 21.9 Å². The molecule has 3 aromatic rings. The minimum absolute atomic E-state index is 0.107. The number of anilines is 1. The minimum Gasteiger partial charge on any atom is -0.309 e. The molecule has 3 heterocycles. The minimum atomic E-state index is 0.107. The lowest BCUT2D eigenvalue weighted by atomic mass is 10.1. The third kappa shape index (κ3) is 2.71. The maximum absolute atomic E-state index is 12.8. The summed E-state index contributed by atoms with van der Waals surface area (Å²) in [7, 11) is 0. The first-order chi connectivity index (χ1) is 11.7. The molecule has 1 aliphatic heterocycles. The Kier molecular flexibility index (Phi) is 3.86. The smallest absolute Gasteiger partial charge is 0.233 e. The van der Waals surface area contributed by atoms with Gasteiger partial charge in [0.1, 0.15) is 5.01 Å². The van der Waals surface area contributed by atoms with Crippen LogP contribution >= 0.6 is 11.3 Å².